The predicted molar refractivity (Wildman–Crippen MR) is 103 cm³/mol. The maximum Gasteiger partial charge on any atom is 0.407 e. The van der Waals surface area contributed by atoms with Crippen LogP contribution in [-0.4, -0.2) is 79.8 Å². The van der Waals surface area contributed by atoms with Crippen LogP contribution in [0.2, 0.25) is 0 Å². The Morgan fingerprint density at radius 3 is 2.69 bits per heavy atom. The molecule has 0 radical (unpaired) electrons. The third-order valence-electron chi connectivity index (χ3n) is 5.37. The van der Waals surface area contributed by atoms with Crippen molar-refractivity contribution in [1.29, 1.82) is 0 Å². The van der Waals surface area contributed by atoms with Gasteiger partial charge in [-0.05, 0) is 39.0 Å². The molecule has 0 aromatic heterocycles. The second-order valence-corrected chi connectivity index (χ2v) is 7.32. The van der Waals surface area contributed by atoms with Gasteiger partial charge in [-0.25, -0.2) is 4.79 Å². The Hall–Kier alpha value is -1.76. The van der Waals surface area contributed by atoms with Crippen molar-refractivity contribution in [3.8, 4) is 0 Å². The van der Waals surface area contributed by atoms with Crippen LogP contribution in [0.15, 0.2) is 17.1 Å². The van der Waals surface area contributed by atoms with Crippen LogP contribution in [0, 0.1) is 5.92 Å². The first kappa shape index (κ1) is 19.0. The van der Waals surface area contributed by atoms with Crippen LogP contribution in [0.4, 0.5) is 4.79 Å². The Balaban J connectivity index is 1.56. The molecule has 2 atom stereocenters. The summed E-state index contributed by atoms with van der Waals surface area (Å²) in [5.41, 5.74) is 0. The zero-order valence-corrected chi connectivity index (χ0v) is 16.1. The van der Waals surface area contributed by atoms with Gasteiger partial charge in [0.2, 0.25) is 0 Å². The highest BCUT2D eigenvalue weighted by Crippen LogP contribution is 2.33. The van der Waals surface area contributed by atoms with E-state index in [1.165, 1.54) is 6.42 Å². The van der Waals surface area contributed by atoms with Crippen LogP contribution >= 0.6 is 0 Å². The van der Waals surface area contributed by atoms with E-state index in [1.807, 2.05) is 6.92 Å². The number of likely N-dealkylation sites (tertiary alicyclic amines) is 1. The summed E-state index contributed by atoms with van der Waals surface area (Å²) in [5, 5.41) is 6.42. The molecule has 26 heavy (non-hydrogen) atoms. The monoisotopic (exact) mass is 363 g/mol. The van der Waals surface area contributed by atoms with E-state index in [0.29, 0.717) is 25.1 Å². The van der Waals surface area contributed by atoms with Crippen molar-refractivity contribution < 1.29 is 9.53 Å². The minimum Gasteiger partial charge on any atom is -0.450 e. The highest BCUT2D eigenvalue weighted by atomic mass is 16.5. The third kappa shape index (κ3) is 5.13. The average molecular weight is 364 g/mol. The Bertz CT molecular complexity index is 524. The molecule has 2 unspecified atom stereocenters. The summed E-state index contributed by atoms with van der Waals surface area (Å²) in [5.74, 6) is 1.51. The predicted octanol–water partition coefficient (Wildman–Crippen LogP) is 1.42. The molecule has 0 spiro atoms. The topological polar surface area (TPSA) is 69.2 Å². The number of carbonyl (C=O) groups excluding carboxylic acids is 1. The second-order valence-electron chi connectivity index (χ2n) is 7.32. The van der Waals surface area contributed by atoms with Crippen LogP contribution in [0.1, 0.15) is 33.1 Å². The molecule has 7 heteroatoms. The maximum absolute atomic E-state index is 11.8. The van der Waals surface area contributed by atoms with Gasteiger partial charge in [0.1, 0.15) is 0 Å². The molecule has 1 amide bonds. The Kier molecular flexibility index (Phi) is 6.77. The van der Waals surface area contributed by atoms with E-state index in [-0.39, 0.29) is 12.1 Å². The van der Waals surface area contributed by atoms with Crippen LogP contribution in [-0.2, 0) is 4.74 Å². The fourth-order valence-electron chi connectivity index (χ4n) is 3.77. The van der Waals surface area contributed by atoms with Crippen molar-refractivity contribution in [3.63, 3.8) is 0 Å². The van der Waals surface area contributed by atoms with Crippen LogP contribution < -0.4 is 10.6 Å². The van der Waals surface area contributed by atoms with Crippen molar-refractivity contribution in [2.45, 2.75) is 45.2 Å². The molecule has 2 N–H and O–H groups in total. The molecule has 0 aromatic carbocycles. The number of hydrogen-bond acceptors (Lipinski definition) is 4. The summed E-state index contributed by atoms with van der Waals surface area (Å²) < 4.78 is 5.04. The minimum absolute atomic E-state index is 0.0730. The molecule has 2 fully saturated rings. The molecule has 2 aliphatic heterocycles. The lowest BCUT2D eigenvalue weighted by Gasteiger charge is -2.26. The number of hydrogen-bond donors (Lipinski definition) is 2. The molecule has 0 bridgehead atoms. The summed E-state index contributed by atoms with van der Waals surface area (Å²) >= 11 is 0. The molecule has 0 aromatic rings. The molecule has 146 valence electrons. The normalized spacial score (nSPS) is 24.8. The standard InChI is InChI=1S/C19H33N5O2/c1-3-20-18(24-12-9-16(14-24)23-10-5-6-11-23)21-13-17(15-7-8-15)22-19(25)26-4-2/h5-6,15-17H,3-4,7-14H2,1-2H3,(H,20,21)(H,22,25). The lowest BCUT2D eigenvalue weighted by atomic mass is 10.2. The molecule has 2 heterocycles. The quantitative estimate of drug-likeness (QED) is 0.407. The van der Waals surface area contributed by atoms with Gasteiger partial charge >= 0.3 is 6.09 Å². The fourth-order valence-corrected chi connectivity index (χ4v) is 3.77. The summed E-state index contributed by atoms with van der Waals surface area (Å²) in [4.78, 5) is 21.5. The molecule has 1 saturated heterocycles. The molecular formula is C19H33N5O2. The lowest BCUT2D eigenvalue weighted by molar-refractivity contribution is 0.147. The number of carbonyl (C=O) groups is 1. The van der Waals surface area contributed by atoms with E-state index >= 15 is 0 Å². The Labute approximate surface area is 156 Å². The van der Waals surface area contributed by atoms with Gasteiger partial charge in [0.15, 0.2) is 5.96 Å². The van der Waals surface area contributed by atoms with Crippen molar-refractivity contribution >= 4 is 12.1 Å². The van der Waals surface area contributed by atoms with Crippen molar-refractivity contribution in [2.75, 3.05) is 45.9 Å². The second kappa shape index (κ2) is 9.26. The lowest BCUT2D eigenvalue weighted by Crippen LogP contribution is -2.44. The van der Waals surface area contributed by atoms with Gasteiger partial charge < -0.3 is 20.3 Å². The number of nitrogens with one attached hydrogen (secondary N) is 2. The van der Waals surface area contributed by atoms with E-state index < -0.39 is 0 Å². The van der Waals surface area contributed by atoms with E-state index in [9.17, 15) is 4.79 Å². The zero-order valence-electron chi connectivity index (χ0n) is 16.1. The van der Waals surface area contributed by atoms with Crippen molar-refractivity contribution in [2.24, 2.45) is 10.9 Å². The van der Waals surface area contributed by atoms with Crippen molar-refractivity contribution in [3.05, 3.63) is 12.2 Å². The third-order valence-corrected chi connectivity index (χ3v) is 5.37. The van der Waals surface area contributed by atoms with Gasteiger partial charge in [-0.2, -0.15) is 0 Å². The molecule has 1 aliphatic carbocycles. The Morgan fingerprint density at radius 2 is 2.04 bits per heavy atom. The largest absolute Gasteiger partial charge is 0.450 e. The van der Waals surface area contributed by atoms with Gasteiger partial charge in [-0.1, -0.05) is 12.2 Å². The van der Waals surface area contributed by atoms with E-state index in [1.54, 1.807) is 0 Å². The Morgan fingerprint density at radius 1 is 1.27 bits per heavy atom. The average Bonchev–Trinajstić information content (AvgIpc) is 3.11. The first-order valence-electron chi connectivity index (χ1n) is 10.1. The van der Waals surface area contributed by atoms with Gasteiger partial charge in [0.05, 0.1) is 19.2 Å². The molecule has 7 nitrogen and oxygen atoms in total. The summed E-state index contributed by atoms with van der Waals surface area (Å²) in [7, 11) is 0. The van der Waals surface area contributed by atoms with Gasteiger partial charge in [0.25, 0.3) is 0 Å². The molecule has 3 rings (SSSR count). The van der Waals surface area contributed by atoms with E-state index in [4.69, 9.17) is 9.73 Å². The van der Waals surface area contributed by atoms with Crippen LogP contribution in [0.25, 0.3) is 0 Å². The maximum atomic E-state index is 11.8. The SMILES string of the molecule is CCNC(=NCC(NC(=O)OCC)C1CC1)N1CCC(N2CC=CC2)C1. The minimum atomic E-state index is -0.327. The number of alkyl carbamates (subject to hydrolysis) is 1. The van der Waals surface area contributed by atoms with E-state index in [0.717, 1.165) is 51.5 Å². The van der Waals surface area contributed by atoms with Gasteiger partial charge in [0, 0.05) is 38.8 Å². The molecule has 3 aliphatic rings. The van der Waals surface area contributed by atoms with Crippen molar-refractivity contribution in [1.82, 2.24) is 20.4 Å². The highest BCUT2D eigenvalue weighted by Gasteiger charge is 2.33. The first-order chi connectivity index (χ1) is 12.7. The smallest absolute Gasteiger partial charge is 0.407 e. The van der Waals surface area contributed by atoms with Gasteiger partial charge in [-0.15, -0.1) is 0 Å². The van der Waals surface area contributed by atoms with E-state index in [2.05, 4.69) is 39.5 Å². The number of rotatable bonds is 7. The fraction of sp³-hybridized carbons (Fsp3) is 0.789. The van der Waals surface area contributed by atoms with Crippen LogP contribution in [0.3, 0.4) is 0 Å². The summed E-state index contributed by atoms with van der Waals surface area (Å²) in [6.45, 7) is 9.98. The zero-order chi connectivity index (χ0) is 18.4. The number of guanidine groups is 1. The molecular weight excluding hydrogens is 330 g/mol. The summed E-state index contributed by atoms with van der Waals surface area (Å²) in [6, 6.07) is 0.676. The number of amides is 1. The number of aliphatic imine (C=N–C) groups is 1. The first-order valence-corrected chi connectivity index (χ1v) is 10.1. The molecule has 1 saturated carbocycles. The highest BCUT2D eigenvalue weighted by molar-refractivity contribution is 5.80. The number of ether oxygens (including phenoxy) is 1. The van der Waals surface area contributed by atoms with Gasteiger partial charge in [-0.3, -0.25) is 9.89 Å². The van der Waals surface area contributed by atoms with Crippen LogP contribution in [0.5, 0.6) is 0 Å². The number of nitrogens with zero attached hydrogens (tertiary/aromatic N) is 3. The summed E-state index contributed by atoms with van der Waals surface area (Å²) in [6.07, 6.45) is 7.69.